The second kappa shape index (κ2) is 9.56. The summed E-state index contributed by atoms with van der Waals surface area (Å²) in [5.41, 5.74) is 3.17. The molecule has 1 aliphatic heterocycles. The first-order valence-corrected chi connectivity index (χ1v) is 12.7. The molecule has 1 saturated heterocycles. The Morgan fingerprint density at radius 1 is 1.12 bits per heavy atom. The maximum Gasteiger partial charge on any atom is 0.341 e. The molecule has 0 radical (unpaired) electrons. The molecule has 2 N–H and O–H groups in total. The van der Waals surface area contributed by atoms with Crippen LogP contribution in [0.1, 0.15) is 21.6 Å². The van der Waals surface area contributed by atoms with Gasteiger partial charge in [-0.1, -0.05) is 0 Å². The van der Waals surface area contributed by atoms with E-state index in [0.29, 0.717) is 77.7 Å². The molecule has 10 nitrogen and oxygen atoms in total. The normalized spacial score (nSPS) is 14.3. The summed E-state index contributed by atoms with van der Waals surface area (Å²) in [4.78, 5) is 36.3. The number of carboxylic acids is 1. The molecule has 0 atom stereocenters. The zero-order chi connectivity index (χ0) is 28.3. The van der Waals surface area contributed by atoms with Gasteiger partial charge in [0.1, 0.15) is 5.56 Å². The molecule has 0 amide bonds. The van der Waals surface area contributed by atoms with Gasteiger partial charge in [0, 0.05) is 80.2 Å². The van der Waals surface area contributed by atoms with Crippen molar-refractivity contribution in [3.63, 3.8) is 0 Å². The molecule has 12 heteroatoms. The molecule has 2 aliphatic rings. The van der Waals surface area contributed by atoms with Crippen molar-refractivity contribution < 1.29 is 23.4 Å². The van der Waals surface area contributed by atoms with Gasteiger partial charge in [0.05, 0.1) is 43.1 Å². The molecule has 4 aromatic rings. The third-order valence-corrected chi connectivity index (χ3v) is 7.43. The number of morpholine rings is 1. The number of rotatable bonds is 5. The summed E-state index contributed by atoms with van der Waals surface area (Å²) in [6.07, 6.45) is 4.81. The Bertz CT molecular complexity index is 1760. The average molecular weight is 549 g/mol. The number of aromatic carboxylic acids is 1. The number of carboxylic acid groups (broad SMARTS) is 1. The van der Waals surface area contributed by atoms with E-state index < -0.39 is 23.0 Å². The Labute approximate surface area is 227 Å². The highest BCUT2D eigenvalue weighted by Crippen LogP contribution is 2.49. The SMILES string of the molecule is CNc1cc(F)c(F)c2c1Cc1ncc(-c3cnc4c(c3)c(=O)c(C(=O)O)cn4N3CCOCC3)c(N(C)C)c1-2. The van der Waals surface area contributed by atoms with E-state index in [1.54, 1.807) is 49.2 Å². The van der Waals surface area contributed by atoms with Crippen molar-refractivity contribution >= 4 is 28.4 Å². The molecule has 4 heterocycles. The lowest BCUT2D eigenvalue weighted by molar-refractivity contribution is 0.0694. The van der Waals surface area contributed by atoms with E-state index in [1.165, 1.54) is 6.20 Å². The van der Waals surface area contributed by atoms with Gasteiger partial charge in [0.15, 0.2) is 17.3 Å². The van der Waals surface area contributed by atoms with E-state index in [9.17, 15) is 19.1 Å². The fourth-order valence-corrected chi connectivity index (χ4v) is 5.59. The van der Waals surface area contributed by atoms with Gasteiger partial charge in [0.25, 0.3) is 0 Å². The summed E-state index contributed by atoms with van der Waals surface area (Å²) in [6, 6.07) is 2.73. The van der Waals surface area contributed by atoms with Crippen LogP contribution in [0.3, 0.4) is 0 Å². The van der Waals surface area contributed by atoms with Crippen LogP contribution in [0.5, 0.6) is 0 Å². The lowest BCUT2D eigenvalue weighted by Gasteiger charge is -2.31. The largest absolute Gasteiger partial charge is 0.477 e. The number of nitrogens with zero attached hydrogens (tertiary/aromatic N) is 5. The third-order valence-electron chi connectivity index (χ3n) is 7.43. The Balaban J connectivity index is 1.60. The Kier molecular flexibility index (Phi) is 6.14. The van der Waals surface area contributed by atoms with Gasteiger partial charge in [-0.15, -0.1) is 0 Å². The number of pyridine rings is 3. The van der Waals surface area contributed by atoms with Crippen molar-refractivity contribution in [3.05, 3.63) is 69.4 Å². The molecule has 40 heavy (non-hydrogen) atoms. The second-order valence-corrected chi connectivity index (χ2v) is 9.92. The number of ether oxygens (including phenoxy) is 1. The first-order valence-electron chi connectivity index (χ1n) is 12.7. The van der Waals surface area contributed by atoms with Gasteiger partial charge in [-0.05, 0) is 11.6 Å². The van der Waals surface area contributed by atoms with Crippen LogP contribution in [-0.2, 0) is 11.2 Å². The molecule has 0 unspecified atom stereocenters. The number of aromatic nitrogens is 3. The summed E-state index contributed by atoms with van der Waals surface area (Å²) >= 11 is 0. The van der Waals surface area contributed by atoms with E-state index in [4.69, 9.17) is 4.74 Å². The minimum atomic E-state index is -1.35. The molecule has 1 aromatic carbocycles. The van der Waals surface area contributed by atoms with Crippen molar-refractivity contribution in [1.82, 2.24) is 14.6 Å². The zero-order valence-electron chi connectivity index (χ0n) is 22.1. The Morgan fingerprint density at radius 2 is 1.88 bits per heavy atom. The summed E-state index contributed by atoms with van der Waals surface area (Å²) in [5.74, 6) is -3.27. The zero-order valence-corrected chi connectivity index (χ0v) is 22.1. The number of benzene rings is 1. The van der Waals surface area contributed by atoms with Crippen molar-refractivity contribution in [2.24, 2.45) is 0 Å². The van der Waals surface area contributed by atoms with Gasteiger partial charge >= 0.3 is 5.97 Å². The van der Waals surface area contributed by atoms with Crippen LogP contribution < -0.4 is 20.7 Å². The van der Waals surface area contributed by atoms with Crippen LogP contribution in [0.4, 0.5) is 20.2 Å². The molecule has 0 bridgehead atoms. The average Bonchev–Trinajstić information content (AvgIpc) is 3.34. The first-order chi connectivity index (χ1) is 19.2. The summed E-state index contributed by atoms with van der Waals surface area (Å²) in [5, 5.41) is 14.7. The minimum Gasteiger partial charge on any atom is -0.477 e. The highest BCUT2D eigenvalue weighted by Gasteiger charge is 2.33. The lowest BCUT2D eigenvalue weighted by atomic mass is 9.97. The van der Waals surface area contributed by atoms with E-state index >= 15 is 4.39 Å². The maximum atomic E-state index is 15.3. The second-order valence-electron chi connectivity index (χ2n) is 9.92. The predicted octanol–water partition coefficient (Wildman–Crippen LogP) is 3.08. The maximum absolute atomic E-state index is 15.3. The van der Waals surface area contributed by atoms with E-state index in [-0.39, 0.29) is 16.5 Å². The number of nitrogens with one attached hydrogen (secondary N) is 1. The van der Waals surface area contributed by atoms with E-state index in [2.05, 4.69) is 15.3 Å². The number of hydrogen-bond acceptors (Lipinski definition) is 8. The number of carbonyl (C=O) groups is 1. The molecule has 3 aromatic heterocycles. The van der Waals surface area contributed by atoms with Crippen LogP contribution in [-0.4, -0.2) is 73.2 Å². The number of fused-ring (bicyclic) bond motifs is 4. The van der Waals surface area contributed by atoms with E-state index in [1.807, 2.05) is 5.01 Å². The van der Waals surface area contributed by atoms with Crippen LogP contribution >= 0.6 is 0 Å². The summed E-state index contributed by atoms with van der Waals surface area (Å²) in [7, 11) is 5.23. The van der Waals surface area contributed by atoms with Gasteiger partial charge in [0.2, 0.25) is 5.43 Å². The predicted molar refractivity (Wildman–Crippen MR) is 147 cm³/mol. The monoisotopic (exact) mass is 548 g/mol. The fourth-order valence-electron chi connectivity index (χ4n) is 5.59. The van der Waals surface area contributed by atoms with Crippen LogP contribution in [0.25, 0.3) is 33.3 Å². The fraction of sp³-hybridized carbons (Fsp3) is 0.286. The van der Waals surface area contributed by atoms with Gasteiger partial charge in [-0.3, -0.25) is 9.78 Å². The number of hydrogen-bond donors (Lipinski definition) is 2. The van der Waals surface area contributed by atoms with Crippen molar-refractivity contribution in [1.29, 1.82) is 0 Å². The topological polar surface area (TPSA) is 113 Å². The van der Waals surface area contributed by atoms with Gasteiger partial charge in [-0.2, -0.15) is 0 Å². The highest BCUT2D eigenvalue weighted by molar-refractivity contribution is 5.98. The Morgan fingerprint density at radius 3 is 2.55 bits per heavy atom. The quantitative estimate of drug-likeness (QED) is 0.342. The summed E-state index contributed by atoms with van der Waals surface area (Å²) < 4.78 is 36.9. The van der Waals surface area contributed by atoms with E-state index in [0.717, 1.165) is 6.07 Å². The molecule has 1 aliphatic carbocycles. The molecule has 0 saturated carbocycles. The standard InChI is InChI=1S/C28H26F2N6O4/c1-31-20-10-19(29)24(30)22-15(20)9-21-23(22)25(34(2)3)17(12-32-21)14-8-16-26(37)18(28(38)39)13-36(27(16)33-11-14)35-4-6-40-7-5-35/h8,10-13,31H,4-7,9H2,1-3H3,(H,38,39). The number of halogens is 2. The molecule has 1 fully saturated rings. The lowest BCUT2D eigenvalue weighted by Crippen LogP contribution is -2.45. The van der Waals surface area contributed by atoms with Gasteiger partial charge in [-0.25, -0.2) is 23.2 Å². The molecular weight excluding hydrogens is 522 g/mol. The molecule has 206 valence electrons. The summed E-state index contributed by atoms with van der Waals surface area (Å²) in [6.45, 7) is 1.90. The smallest absolute Gasteiger partial charge is 0.341 e. The van der Waals surface area contributed by atoms with Crippen molar-refractivity contribution in [2.75, 3.05) is 62.7 Å². The van der Waals surface area contributed by atoms with Crippen LogP contribution in [0.15, 0.2) is 35.5 Å². The van der Waals surface area contributed by atoms with Crippen LogP contribution in [0.2, 0.25) is 0 Å². The molecule has 6 rings (SSSR count). The minimum absolute atomic E-state index is 0.115. The molecule has 0 spiro atoms. The van der Waals surface area contributed by atoms with Crippen molar-refractivity contribution in [2.45, 2.75) is 6.42 Å². The highest BCUT2D eigenvalue weighted by atomic mass is 19.2. The first kappa shape index (κ1) is 25.7. The molecular formula is C28H26F2N6O4. The van der Waals surface area contributed by atoms with Gasteiger partial charge < -0.3 is 25.1 Å². The third kappa shape index (κ3) is 3.86. The van der Waals surface area contributed by atoms with Crippen LogP contribution in [0, 0.1) is 11.6 Å². The van der Waals surface area contributed by atoms with Crippen molar-refractivity contribution in [3.8, 4) is 22.3 Å². The number of anilines is 2. The Hall–Kier alpha value is -4.58.